The van der Waals surface area contributed by atoms with Crippen molar-refractivity contribution in [1.82, 2.24) is 15.0 Å². The number of aromatic amines is 1. The van der Waals surface area contributed by atoms with Crippen molar-refractivity contribution in [1.29, 1.82) is 0 Å². The van der Waals surface area contributed by atoms with E-state index in [1.165, 1.54) is 37.8 Å². The van der Waals surface area contributed by atoms with Crippen molar-refractivity contribution in [3.63, 3.8) is 0 Å². The molecule has 0 radical (unpaired) electrons. The lowest BCUT2D eigenvalue weighted by molar-refractivity contribution is 0.438. The summed E-state index contributed by atoms with van der Waals surface area (Å²) in [6.07, 6.45) is 8.57. The first kappa shape index (κ1) is 9.82. The summed E-state index contributed by atoms with van der Waals surface area (Å²) in [5.74, 6) is 0.699. The molecule has 1 N–H and O–H groups in total. The minimum atomic E-state index is 0.699. The van der Waals surface area contributed by atoms with E-state index in [1.54, 1.807) is 0 Å². The van der Waals surface area contributed by atoms with E-state index in [2.05, 4.69) is 21.0 Å². The average molecular weight is 215 g/mol. The van der Waals surface area contributed by atoms with Gasteiger partial charge in [-0.25, -0.2) is 4.98 Å². The van der Waals surface area contributed by atoms with Gasteiger partial charge in [0, 0.05) is 11.9 Å². The molecule has 1 saturated carbocycles. The predicted molar refractivity (Wildman–Crippen MR) is 64.5 cm³/mol. The number of H-pyrrole nitrogens is 1. The summed E-state index contributed by atoms with van der Waals surface area (Å²) in [4.78, 5) is 12.3. The Labute approximate surface area is 95.3 Å². The van der Waals surface area contributed by atoms with Crippen molar-refractivity contribution >= 4 is 11.2 Å². The first-order valence-corrected chi connectivity index (χ1v) is 6.15. The molecule has 0 unspecified atom stereocenters. The topological polar surface area (TPSA) is 41.6 Å². The van der Waals surface area contributed by atoms with E-state index in [0.717, 1.165) is 16.9 Å². The Hall–Kier alpha value is -1.38. The van der Waals surface area contributed by atoms with Gasteiger partial charge in [-0.2, -0.15) is 0 Å². The molecule has 0 spiro atoms. The average Bonchev–Trinajstić information content (AvgIpc) is 2.73. The maximum Gasteiger partial charge on any atom is 0.156 e. The fraction of sp³-hybridized carbons (Fsp3) is 0.538. The number of aromatic nitrogens is 3. The first-order valence-electron chi connectivity index (χ1n) is 6.15. The van der Waals surface area contributed by atoms with Gasteiger partial charge in [-0.15, -0.1) is 0 Å². The van der Waals surface area contributed by atoms with Gasteiger partial charge in [-0.1, -0.05) is 19.3 Å². The fourth-order valence-electron chi connectivity index (χ4n) is 2.64. The molecule has 0 aromatic carbocycles. The summed E-state index contributed by atoms with van der Waals surface area (Å²) >= 11 is 0. The summed E-state index contributed by atoms with van der Waals surface area (Å²) in [6.45, 7) is 1.98. The third kappa shape index (κ3) is 1.70. The number of fused-ring (bicyclic) bond motifs is 1. The Kier molecular flexibility index (Phi) is 2.39. The molecule has 3 heteroatoms. The van der Waals surface area contributed by atoms with Gasteiger partial charge < -0.3 is 4.98 Å². The van der Waals surface area contributed by atoms with E-state index in [0.29, 0.717) is 5.92 Å². The molecule has 0 amide bonds. The highest BCUT2D eigenvalue weighted by Crippen LogP contribution is 2.32. The van der Waals surface area contributed by atoms with Crippen LogP contribution in [0, 0.1) is 6.92 Å². The smallest absolute Gasteiger partial charge is 0.156 e. The Morgan fingerprint density at radius 2 is 2.06 bits per heavy atom. The molecule has 2 aromatic heterocycles. The van der Waals surface area contributed by atoms with Crippen molar-refractivity contribution < 1.29 is 0 Å². The standard InChI is InChI=1S/C13H17N3/c1-9-8-14-12-7-11(16-13(12)15-9)10-5-3-2-4-6-10/h7-8,10H,2-6H2,1H3,(H,15,16). The molecule has 3 nitrogen and oxygen atoms in total. The largest absolute Gasteiger partial charge is 0.342 e. The minimum Gasteiger partial charge on any atom is -0.342 e. The Morgan fingerprint density at radius 3 is 2.88 bits per heavy atom. The van der Waals surface area contributed by atoms with Crippen LogP contribution in [0.15, 0.2) is 12.3 Å². The molecule has 0 saturated heterocycles. The van der Waals surface area contributed by atoms with Gasteiger partial charge in [0.25, 0.3) is 0 Å². The lowest BCUT2D eigenvalue weighted by Crippen LogP contribution is -2.04. The molecular weight excluding hydrogens is 198 g/mol. The highest BCUT2D eigenvalue weighted by molar-refractivity contribution is 5.71. The first-order chi connectivity index (χ1) is 7.83. The Morgan fingerprint density at radius 1 is 1.25 bits per heavy atom. The molecule has 1 aliphatic carbocycles. The second-order valence-corrected chi connectivity index (χ2v) is 4.80. The molecule has 1 aliphatic rings. The van der Waals surface area contributed by atoms with Crippen LogP contribution >= 0.6 is 0 Å². The lowest BCUT2D eigenvalue weighted by Gasteiger charge is -2.19. The van der Waals surface area contributed by atoms with E-state index in [4.69, 9.17) is 0 Å². The minimum absolute atomic E-state index is 0.699. The molecule has 1 fully saturated rings. The van der Waals surface area contributed by atoms with Crippen molar-refractivity contribution in [2.24, 2.45) is 0 Å². The van der Waals surface area contributed by atoms with Gasteiger partial charge in [-0.3, -0.25) is 4.98 Å². The zero-order chi connectivity index (χ0) is 11.0. The van der Waals surface area contributed by atoms with Crippen LogP contribution in [0.3, 0.4) is 0 Å². The number of nitrogens with one attached hydrogen (secondary N) is 1. The molecule has 84 valence electrons. The predicted octanol–water partition coefficient (Wildman–Crippen LogP) is 3.31. The van der Waals surface area contributed by atoms with Crippen LogP contribution in [0.25, 0.3) is 11.2 Å². The second-order valence-electron chi connectivity index (χ2n) is 4.80. The molecule has 3 rings (SSSR count). The van der Waals surface area contributed by atoms with Crippen LogP contribution in [0.1, 0.15) is 49.4 Å². The third-order valence-electron chi connectivity index (χ3n) is 3.52. The molecule has 0 bridgehead atoms. The van der Waals surface area contributed by atoms with E-state index < -0.39 is 0 Å². The molecule has 0 atom stereocenters. The molecule has 2 heterocycles. The maximum absolute atomic E-state index is 4.47. The number of hydrogen-bond donors (Lipinski definition) is 1. The van der Waals surface area contributed by atoms with Crippen molar-refractivity contribution in [3.05, 3.63) is 23.7 Å². The van der Waals surface area contributed by atoms with Gasteiger partial charge in [0.15, 0.2) is 5.65 Å². The van der Waals surface area contributed by atoms with E-state index in [-0.39, 0.29) is 0 Å². The van der Waals surface area contributed by atoms with E-state index in [1.807, 2.05) is 13.1 Å². The number of rotatable bonds is 1. The van der Waals surface area contributed by atoms with Gasteiger partial charge in [0.05, 0.1) is 5.69 Å². The number of nitrogens with zero attached hydrogens (tertiary/aromatic N) is 2. The van der Waals surface area contributed by atoms with Crippen LogP contribution < -0.4 is 0 Å². The number of hydrogen-bond acceptors (Lipinski definition) is 2. The molecule has 0 aliphatic heterocycles. The molecular formula is C13H17N3. The van der Waals surface area contributed by atoms with Crippen molar-refractivity contribution in [2.45, 2.75) is 44.9 Å². The van der Waals surface area contributed by atoms with Crippen LogP contribution in [0.2, 0.25) is 0 Å². The van der Waals surface area contributed by atoms with Gasteiger partial charge >= 0.3 is 0 Å². The van der Waals surface area contributed by atoms with Gasteiger partial charge in [0.2, 0.25) is 0 Å². The Bertz CT molecular complexity index is 495. The quantitative estimate of drug-likeness (QED) is 0.792. The normalized spacial score (nSPS) is 18.1. The van der Waals surface area contributed by atoms with Crippen LogP contribution in [-0.2, 0) is 0 Å². The molecule has 2 aromatic rings. The second kappa shape index (κ2) is 3.89. The van der Waals surface area contributed by atoms with Crippen LogP contribution in [0.4, 0.5) is 0 Å². The van der Waals surface area contributed by atoms with Crippen molar-refractivity contribution in [3.8, 4) is 0 Å². The number of aryl methyl sites for hydroxylation is 1. The van der Waals surface area contributed by atoms with Gasteiger partial charge in [0.1, 0.15) is 5.52 Å². The third-order valence-corrected chi connectivity index (χ3v) is 3.52. The SMILES string of the molecule is Cc1cnc2cc(C3CCCCC3)[nH]c2n1. The molecule has 16 heavy (non-hydrogen) atoms. The highest BCUT2D eigenvalue weighted by Gasteiger charge is 2.17. The van der Waals surface area contributed by atoms with Crippen LogP contribution in [0.5, 0.6) is 0 Å². The maximum atomic E-state index is 4.47. The summed E-state index contributed by atoms with van der Waals surface area (Å²) in [7, 11) is 0. The van der Waals surface area contributed by atoms with E-state index >= 15 is 0 Å². The monoisotopic (exact) mass is 215 g/mol. The highest BCUT2D eigenvalue weighted by atomic mass is 14.9. The summed E-state index contributed by atoms with van der Waals surface area (Å²) in [6, 6.07) is 2.18. The van der Waals surface area contributed by atoms with Crippen molar-refractivity contribution in [2.75, 3.05) is 0 Å². The van der Waals surface area contributed by atoms with Crippen LogP contribution in [-0.4, -0.2) is 15.0 Å². The van der Waals surface area contributed by atoms with E-state index in [9.17, 15) is 0 Å². The zero-order valence-corrected chi connectivity index (χ0v) is 9.66. The summed E-state index contributed by atoms with van der Waals surface area (Å²) in [5, 5.41) is 0. The zero-order valence-electron chi connectivity index (χ0n) is 9.66. The van der Waals surface area contributed by atoms with Gasteiger partial charge in [-0.05, 0) is 31.7 Å². The summed E-state index contributed by atoms with van der Waals surface area (Å²) in [5.41, 5.74) is 4.26. The fourth-order valence-corrected chi connectivity index (χ4v) is 2.64. The lowest BCUT2D eigenvalue weighted by atomic mass is 9.87. The Balaban J connectivity index is 1.97. The summed E-state index contributed by atoms with van der Waals surface area (Å²) < 4.78 is 0.